The minimum Gasteiger partial charge on any atom is -0.449 e. The standard InChI is InChI=1S/C18H18N2O3S/c21-11-18(6-3-7-18)16(15-5-2-9-24-15)20-17(22)14-10-12-13(23-14)4-1-8-19-12/h1-2,4-5,8-10,16,21H,3,6-7,11H2,(H,20,22). The Bertz CT molecular complexity index is 814. The number of hydrogen-bond donors (Lipinski definition) is 2. The number of aromatic nitrogens is 1. The molecular weight excluding hydrogens is 324 g/mol. The predicted molar refractivity (Wildman–Crippen MR) is 91.9 cm³/mol. The number of fused-ring (bicyclic) bond motifs is 1. The van der Waals surface area contributed by atoms with E-state index in [2.05, 4.69) is 10.3 Å². The largest absolute Gasteiger partial charge is 0.449 e. The zero-order valence-electron chi connectivity index (χ0n) is 13.1. The van der Waals surface area contributed by atoms with Crippen LogP contribution in [0.2, 0.25) is 0 Å². The molecule has 3 aromatic heterocycles. The lowest BCUT2D eigenvalue weighted by molar-refractivity contribution is 0.00673. The van der Waals surface area contributed by atoms with Crippen molar-refractivity contribution in [3.8, 4) is 0 Å². The van der Waals surface area contributed by atoms with Gasteiger partial charge in [0.2, 0.25) is 0 Å². The Kier molecular flexibility index (Phi) is 3.86. The van der Waals surface area contributed by atoms with E-state index in [1.165, 1.54) is 0 Å². The second-order valence-electron chi connectivity index (χ2n) is 6.29. The maximum absolute atomic E-state index is 12.7. The third-order valence-corrected chi connectivity index (χ3v) is 5.83. The van der Waals surface area contributed by atoms with Crippen LogP contribution in [0.1, 0.15) is 40.7 Å². The molecule has 1 saturated carbocycles. The Hall–Kier alpha value is -2.18. The highest BCUT2D eigenvalue weighted by Gasteiger charge is 2.45. The summed E-state index contributed by atoms with van der Waals surface area (Å²) in [6.45, 7) is 0.0670. The Morgan fingerprint density at radius 3 is 2.92 bits per heavy atom. The number of furan rings is 1. The number of rotatable bonds is 5. The first-order chi connectivity index (χ1) is 11.7. The van der Waals surface area contributed by atoms with E-state index in [0.717, 1.165) is 24.1 Å². The van der Waals surface area contributed by atoms with Gasteiger partial charge < -0.3 is 14.8 Å². The molecular formula is C18H18N2O3S. The molecule has 0 aliphatic heterocycles. The van der Waals surface area contributed by atoms with Crippen LogP contribution in [0.25, 0.3) is 11.1 Å². The van der Waals surface area contributed by atoms with Crippen molar-refractivity contribution in [3.05, 3.63) is 52.5 Å². The number of aliphatic hydroxyl groups excluding tert-OH is 1. The summed E-state index contributed by atoms with van der Waals surface area (Å²) >= 11 is 1.60. The van der Waals surface area contributed by atoms with Gasteiger partial charge in [-0.05, 0) is 36.4 Å². The smallest absolute Gasteiger partial charge is 0.287 e. The summed E-state index contributed by atoms with van der Waals surface area (Å²) in [5.41, 5.74) is 0.983. The van der Waals surface area contributed by atoms with Crippen LogP contribution in [0.15, 0.2) is 46.3 Å². The van der Waals surface area contributed by atoms with Crippen molar-refractivity contribution in [2.75, 3.05) is 6.61 Å². The molecule has 1 aliphatic rings. The number of nitrogens with zero attached hydrogens (tertiary/aromatic N) is 1. The monoisotopic (exact) mass is 342 g/mol. The molecule has 4 rings (SSSR count). The zero-order chi connectivity index (χ0) is 16.6. The number of pyridine rings is 1. The van der Waals surface area contributed by atoms with Gasteiger partial charge in [-0.15, -0.1) is 11.3 Å². The lowest BCUT2D eigenvalue weighted by atomic mass is 9.64. The second-order valence-corrected chi connectivity index (χ2v) is 7.27. The van der Waals surface area contributed by atoms with Crippen molar-refractivity contribution < 1.29 is 14.3 Å². The van der Waals surface area contributed by atoms with Crippen LogP contribution in [0.3, 0.4) is 0 Å². The molecule has 0 bridgehead atoms. The van der Waals surface area contributed by atoms with Crippen molar-refractivity contribution in [2.24, 2.45) is 5.41 Å². The van der Waals surface area contributed by atoms with Crippen molar-refractivity contribution in [3.63, 3.8) is 0 Å². The summed E-state index contributed by atoms with van der Waals surface area (Å²) in [4.78, 5) is 18.0. The number of carbonyl (C=O) groups excluding carboxylic acids is 1. The maximum Gasteiger partial charge on any atom is 0.287 e. The summed E-state index contributed by atoms with van der Waals surface area (Å²) in [5.74, 6) is -0.0243. The van der Waals surface area contributed by atoms with Gasteiger partial charge >= 0.3 is 0 Å². The predicted octanol–water partition coefficient (Wildman–Crippen LogP) is 3.52. The van der Waals surface area contributed by atoms with E-state index in [9.17, 15) is 9.90 Å². The maximum atomic E-state index is 12.7. The number of thiophene rings is 1. The van der Waals surface area contributed by atoms with Crippen molar-refractivity contribution in [2.45, 2.75) is 25.3 Å². The minimum absolute atomic E-state index is 0.0670. The normalized spacial score (nSPS) is 17.4. The van der Waals surface area contributed by atoms with Crippen LogP contribution in [-0.2, 0) is 0 Å². The molecule has 24 heavy (non-hydrogen) atoms. The molecule has 0 spiro atoms. The van der Waals surface area contributed by atoms with Crippen LogP contribution < -0.4 is 5.32 Å². The minimum atomic E-state index is -0.273. The van der Waals surface area contributed by atoms with E-state index in [0.29, 0.717) is 11.1 Å². The molecule has 1 aliphatic carbocycles. The van der Waals surface area contributed by atoms with Crippen LogP contribution in [0.5, 0.6) is 0 Å². The van der Waals surface area contributed by atoms with Crippen LogP contribution in [-0.4, -0.2) is 22.6 Å². The summed E-state index contributed by atoms with van der Waals surface area (Å²) in [7, 11) is 0. The Morgan fingerprint density at radius 1 is 1.42 bits per heavy atom. The van der Waals surface area contributed by atoms with Gasteiger partial charge in [-0.3, -0.25) is 9.78 Å². The fraction of sp³-hybridized carbons (Fsp3) is 0.333. The topological polar surface area (TPSA) is 75.4 Å². The van der Waals surface area contributed by atoms with E-state index in [4.69, 9.17) is 4.42 Å². The number of amides is 1. The molecule has 3 aromatic rings. The molecule has 1 amide bonds. The molecule has 0 saturated heterocycles. The van der Waals surface area contributed by atoms with E-state index < -0.39 is 0 Å². The second kappa shape index (κ2) is 6.03. The highest BCUT2D eigenvalue weighted by molar-refractivity contribution is 7.10. The first-order valence-corrected chi connectivity index (χ1v) is 8.89. The summed E-state index contributed by atoms with van der Waals surface area (Å²) in [6, 6.07) is 8.99. The molecule has 0 aromatic carbocycles. The van der Waals surface area contributed by atoms with Gasteiger partial charge in [-0.1, -0.05) is 12.5 Å². The van der Waals surface area contributed by atoms with E-state index in [-0.39, 0.29) is 29.7 Å². The number of nitrogens with one attached hydrogen (secondary N) is 1. The van der Waals surface area contributed by atoms with Gasteiger partial charge in [0.15, 0.2) is 11.3 Å². The molecule has 3 heterocycles. The van der Waals surface area contributed by atoms with E-state index in [1.807, 2.05) is 17.5 Å². The molecule has 2 N–H and O–H groups in total. The zero-order valence-corrected chi connectivity index (χ0v) is 13.9. The molecule has 0 radical (unpaired) electrons. The lowest BCUT2D eigenvalue weighted by Gasteiger charge is -2.46. The number of hydrogen-bond acceptors (Lipinski definition) is 5. The third kappa shape index (κ3) is 2.52. The fourth-order valence-corrected chi connectivity index (χ4v) is 4.25. The molecule has 5 nitrogen and oxygen atoms in total. The third-order valence-electron chi connectivity index (χ3n) is 4.89. The summed E-state index contributed by atoms with van der Waals surface area (Å²) in [5, 5.41) is 15.0. The Labute approximate surface area is 143 Å². The van der Waals surface area contributed by atoms with Crippen LogP contribution in [0.4, 0.5) is 0 Å². The first-order valence-electron chi connectivity index (χ1n) is 8.01. The lowest BCUT2D eigenvalue weighted by Crippen LogP contribution is -2.47. The van der Waals surface area contributed by atoms with Gasteiger partial charge in [-0.2, -0.15) is 0 Å². The highest BCUT2D eigenvalue weighted by atomic mass is 32.1. The van der Waals surface area contributed by atoms with Crippen LogP contribution >= 0.6 is 11.3 Å². The molecule has 1 unspecified atom stereocenters. The molecule has 1 atom stereocenters. The SMILES string of the molecule is O=C(NC(c1cccs1)C1(CO)CCC1)c1cc2ncccc2o1. The Morgan fingerprint density at radius 2 is 2.29 bits per heavy atom. The van der Waals surface area contributed by atoms with Gasteiger partial charge in [0.25, 0.3) is 5.91 Å². The Balaban J connectivity index is 1.63. The van der Waals surface area contributed by atoms with Crippen molar-refractivity contribution in [1.29, 1.82) is 0 Å². The highest BCUT2D eigenvalue weighted by Crippen LogP contribution is 2.50. The van der Waals surface area contributed by atoms with Crippen molar-refractivity contribution in [1.82, 2.24) is 10.3 Å². The first kappa shape index (κ1) is 15.4. The van der Waals surface area contributed by atoms with Crippen molar-refractivity contribution >= 4 is 28.3 Å². The number of carbonyl (C=O) groups is 1. The van der Waals surface area contributed by atoms with E-state index in [1.54, 1.807) is 35.7 Å². The quantitative estimate of drug-likeness (QED) is 0.744. The summed E-state index contributed by atoms with van der Waals surface area (Å²) < 4.78 is 5.61. The average molecular weight is 342 g/mol. The number of aliphatic hydroxyl groups is 1. The van der Waals surface area contributed by atoms with E-state index >= 15 is 0 Å². The van der Waals surface area contributed by atoms with Gasteiger partial charge in [-0.25, -0.2) is 0 Å². The fourth-order valence-electron chi connectivity index (χ4n) is 3.33. The van der Waals surface area contributed by atoms with Gasteiger partial charge in [0.05, 0.1) is 12.6 Å². The average Bonchev–Trinajstić information content (AvgIpc) is 3.22. The molecule has 124 valence electrons. The summed E-state index contributed by atoms with van der Waals surface area (Å²) in [6.07, 6.45) is 4.57. The van der Waals surface area contributed by atoms with Gasteiger partial charge in [0, 0.05) is 22.6 Å². The molecule has 6 heteroatoms. The van der Waals surface area contributed by atoms with Gasteiger partial charge in [0.1, 0.15) is 5.52 Å². The molecule has 1 fully saturated rings. The van der Waals surface area contributed by atoms with Crippen LogP contribution in [0, 0.1) is 5.41 Å².